The van der Waals surface area contributed by atoms with Crippen molar-refractivity contribution >= 4 is 38.3 Å². The fourth-order valence-corrected chi connectivity index (χ4v) is 6.22. The summed E-state index contributed by atoms with van der Waals surface area (Å²) in [5.74, 6) is 1.35. The average molecular weight is 604 g/mol. The number of piperidine rings is 1. The van der Waals surface area contributed by atoms with E-state index >= 15 is 0 Å². The summed E-state index contributed by atoms with van der Waals surface area (Å²) < 4.78 is 33.2. The van der Waals surface area contributed by atoms with Gasteiger partial charge in [-0.3, -0.25) is 9.62 Å². The molecule has 2 amide bonds. The Balaban J connectivity index is 1.14. The second-order valence-electron chi connectivity index (χ2n) is 11.3. The maximum absolute atomic E-state index is 13.5. The zero-order valence-electron chi connectivity index (χ0n) is 25.1. The first-order valence-electron chi connectivity index (χ1n) is 14.9. The smallest absolute Gasteiger partial charge is 0.322 e. The highest BCUT2D eigenvalue weighted by Gasteiger charge is 2.28. The number of anilines is 2. The van der Waals surface area contributed by atoms with Crippen LogP contribution in [0.4, 0.5) is 16.2 Å². The molecule has 43 heavy (non-hydrogen) atoms. The topological polar surface area (TPSA) is 95.9 Å². The van der Waals surface area contributed by atoms with Gasteiger partial charge in [0.05, 0.1) is 11.9 Å². The second kappa shape index (κ2) is 13.5. The van der Waals surface area contributed by atoms with Crippen LogP contribution >= 0.6 is 0 Å². The van der Waals surface area contributed by atoms with Crippen molar-refractivity contribution in [2.75, 3.05) is 35.9 Å². The number of likely N-dealkylation sites (tertiary alicyclic amines) is 1. The van der Waals surface area contributed by atoms with Crippen LogP contribution in [0.5, 0.6) is 11.5 Å². The number of aromatic nitrogens is 1. The summed E-state index contributed by atoms with van der Waals surface area (Å²) in [5, 5.41) is 4.27. The van der Waals surface area contributed by atoms with Crippen LogP contribution in [-0.4, -0.2) is 60.7 Å². The number of amides is 2. The van der Waals surface area contributed by atoms with Crippen molar-refractivity contribution in [1.82, 2.24) is 14.4 Å². The van der Waals surface area contributed by atoms with Gasteiger partial charge in [-0.05, 0) is 67.3 Å². The fraction of sp³-hybridized carbons (Fsp3) is 0.364. The summed E-state index contributed by atoms with van der Waals surface area (Å²) >= 11 is 0. The Hall–Kier alpha value is -4.02. The van der Waals surface area contributed by atoms with Crippen LogP contribution in [-0.2, 0) is 23.6 Å². The molecule has 0 radical (unpaired) electrons. The Morgan fingerprint density at radius 1 is 0.977 bits per heavy atom. The first-order chi connectivity index (χ1) is 20.7. The molecular formula is C33H41N5O4S. The molecule has 1 aliphatic rings. The van der Waals surface area contributed by atoms with E-state index in [1.54, 1.807) is 24.3 Å². The maximum atomic E-state index is 13.5. The highest BCUT2D eigenvalue weighted by atomic mass is 32.2. The molecular weight excluding hydrogens is 562 g/mol. The number of hydrogen-bond acceptors (Lipinski definition) is 5. The third-order valence-electron chi connectivity index (χ3n) is 7.87. The van der Waals surface area contributed by atoms with Crippen LogP contribution in [0.15, 0.2) is 79.0 Å². The molecule has 10 heteroatoms. The molecule has 0 spiro atoms. The van der Waals surface area contributed by atoms with E-state index in [1.165, 1.54) is 5.56 Å². The zero-order valence-corrected chi connectivity index (χ0v) is 25.9. The molecule has 1 saturated heterocycles. The van der Waals surface area contributed by atoms with E-state index in [0.717, 1.165) is 80.5 Å². The molecule has 0 aliphatic carbocycles. The van der Waals surface area contributed by atoms with Gasteiger partial charge in [0.15, 0.2) is 0 Å². The maximum Gasteiger partial charge on any atom is 0.322 e. The Morgan fingerprint density at radius 3 is 2.28 bits per heavy atom. The highest BCUT2D eigenvalue weighted by Crippen LogP contribution is 2.27. The van der Waals surface area contributed by atoms with Crippen molar-refractivity contribution in [3.05, 3.63) is 84.6 Å². The predicted octanol–water partition coefficient (Wildman–Crippen LogP) is 6.64. The van der Waals surface area contributed by atoms with E-state index in [4.69, 9.17) is 4.74 Å². The van der Waals surface area contributed by atoms with Crippen LogP contribution in [0.1, 0.15) is 38.2 Å². The minimum absolute atomic E-state index is 0.0138. The molecule has 0 saturated carbocycles. The van der Waals surface area contributed by atoms with Gasteiger partial charge in [-0.2, -0.15) is 0 Å². The second-order valence-corrected chi connectivity index (χ2v) is 13.0. The Morgan fingerprint density at radius 2 is 1.63 bits per heavy atom. The van der Waals surface area contributed by atoms with Gasteiger partial charge in [0.1, 0.15) is 11.5 Å². The number of carbonyl (C=O) groups is 1. The number of carbonyl (C=O) groups excluding carboxylic acids is 1. The highest BCUT2D eigenvalue weighted by molar-refractivity contribution is 7.92. The molecule has 3 aromatic carbocycles. The minimum atomic E-state index is -3.31. The van der Waals surface area contributed by atoms with E-state index in [2.05, 4.69) is 55.6 Å². The third kappa shape index (κ3) is 8.09. The van der Waals surface area contributed by atoms with Crippen molar-refractivity contribution in [2.24, 2.45) is 7.05 Å². The quantitative estimate of drug-likeness (QED) is 0.200. The van der Waals surface area contributed by atoms with Crippen molar-refractivity contribution < 1.29 is 17.9 Å². The van der Waals surface area contributed by atoms with Gasteiger partial charge in [0.2, 0.25) is 10.0 Å². The first-order valence-corrected chi connectivity index (χ1v) is 16.8. The number of unbranched alkanes of at least 4 members (excludes halogenated alkanes) is 1. The SMILES string of the molecule is CCCCN(C(=O)Nc1cn(C)c2ccccc12)C1CCN(Cc2ccc(Oc3ccc(NS(C)(=O)=O)cc3)cc2)CC1. The zero-order chi connectivity index (χ0) is 30.4. The van der Waals surface area contributed by atoms with Gasteiger partial charge >= 0.3 is 6.03 Å². The molecule has 1 fully saturated rings. The molecule has 1 aliphatic heterocycles. The fourth-order valence-electron chi connectivity index (χ4n) is 5.66. The number of urea groups is 1. The molecule has 228 valence electrons. The normalized spacial score (nSPS) is 14.5. The number of rotatable bonds is 11. The number of sulfonamides is 1. The number of para-hydroxylation sites is 1. The average Bonchev–Trinajstić information content (AvgIpc) is 3.30. The molecule has 2 N–H and O–H groups in total. The monoisotopic (exact) mass is 603 g/mol. The van der Waals surface area contributed by atoms with E-state index in [9.17, 15) is 13.2 Å². The number of hydrogen-bond donors (Lipinski definition) is 2. The number of nitrogens with one attached hydrogen (secondary N) is 2. The summed E-state index contributed by atoms with van der Waals surface area (Å²) in [7, 11) is -1.31. The van der Waals surface area contributed by atoms with Crippen molar-refractivity contribution in [2.45, 2.75) is 45.2 Å². The van der Waals surface area contributed by atoms with E-state index in [0.29, 0.717) is 11.4 Å². The lowest BCUT2D eigenvalue weighted by Crippen LogP contribution is -2.49. The summed E-state index contributed by atoms with van der Waals surface area (Å²) in [4.78, 5) is 18.0. The minimum Gasteiger partial charge on any atom is -0.457 e. The van der Waals surface area contributed by atoms with Crippen LogP contribution in [0.2, 0.25) is 0 Å². The Kier molecular flexibility index (Phi) is 9.57. The molecule has 0 bridgehead atoms. The number of nitrogens with zero attached hydrogens (tertiary/aromatic N) is 3. The van der Waals surface area contributed by atoms with E-state index in [-0.39, 0.29) is 12.1 Å². The van der Waals surface area contributed by atoms with Gasteiger partial charge in [-0.25, -0.2) is 13.2 Å². The lowest BCUT2D eigenvalue weighted by Gasteiger charge is -2.38. The largest absolute Gasteiger partial charge is 0.457 e. The van der Waals surface area contributed by atoms with Gasteiger partial charge in [-0.1, -0.05) is 43.7 Å². The summed E-state index contributed by atoms with van der Waals surface area (Å²) in [6.45, 7) is 5.63. The molecule has 2 heterocycles. The molecule has 5 rings (SSSR count). The number of fused-ring (bicyclic) bond motifs is 1. The van der Waals surface area contributed by atoms with Gasteiger partial charge in [0, 0.05) is 62.1 Å². The van der Waals surface area contributed by atoms with Crippen LogP contribution < -0.4 is 14.8 Å². The lowest BCUT2D eigenvalue weighted by atomic mass is 10.0. The van der Waals surface area contributed by atoms with Crippen LogP contribution in [0, 0.1) is 0 Å². The number of benzene rings is 3. The van der Waals surface area contributed by atoms with E-state index < -0.39 is 10.0 Å². The van der Waals surface area contributed by atoms with Gasteiger partial charge < -0.3 is 19.5 Å². The summed E-state index contributed by atoms with van der Waals surface area (Å²) in [6, 6.07) is 23.2. The van der Waals surface area contributed by atoms with Crippen LogP contribution in [0.25, 0.3) is 10.9 Å². The van der Waals surface area contributed by atoms with Gasteiger partial charge in [-0.15, -0.1) is 0 Å². The third-order valence-corrected chi connectivity index (χ3v) is 8.48. The molecule has 0 atom stereocenters. The number of ether oxygens (including phenoxy) is 1. The summed E-state index contributed by atoms with van der Waals surface area (Å²) in [5.41, 5.74) is 3.65. The standard InChI is InChI=1S/C33H41N5O4S/c1-4-5-20-38(33(39)34-31-24-36(2)32-9-7-6-8-30(31)32)27-18-21-37(22-19-27)23-25-10-14-28(15-11-25)42-29-16-12-26(13-17-29)35-43(3,40)41/h6-17,24,27,35H,4-5,18-23H2,1-3H3,(H,34,39). The van der Waals surface area contributed by atoms with E-state index in [1.807, 2.05) is 37.5 Å². The first kappa shape index (κ1) is 30.4. The van der Waals surface area contributed by atoms with Gasteiger partial charge in [0.25, 0.3) is 0 Å². The van der Waals surface area contributed by atoms with Crippen molar-refractivity contribution in [3.8, 4) is 11.5 Å². The predicted molar refractivity (Wildman–Crippen MR) is 173 cm³/mol. The lowest BCUT2D eigenvalue weighted by molar-refractivity contribution is 0.122. The molecule has 1 aromatic heterocycles. The van der Waals surface area contributed by atoms with Crippen molar-refractivity contribution in [3.63, 3.8) is 0 Å². The Bertz CT molecular complexity index is 1630. The molecule has 4 aromatic rings. The summed E-state index contributed by atoms with van der Waals surface area (Å²) in [6.07, 6.45) is 7.03. The molecule has 9 nitrogen and oxygen atoms in total. The molecule has 0 unspecified atom stereocenters. The van der Waals surface area contributed by atoms with Crippen LogP contribution in [0.3, 0.4) is 0 Å². The van der Waals surface area contributed by atoms with Crippen molar-refractivity contribution in [1.29, 1.82) is 0 Å². The number of aryl methyl sites for hydroxylation is 1. The Labute approximate surface area is 254 Å².